The molecule has 2 fully saturated rings. The topological polar surface area (TPSA) is 1050 Å². The third-order valence-corrected chi connectivity index (χ3v) is 17.7. The summed E-state index contributed by atoms with van der Waals surface area (Å²) in [6.07, 6.45) is -23.4. The van der Waals surface area contributed by atoms with Crippen molar-refractivity contribution in [1.82, 2.24) is 0 Å². The maximum Gasteiger partial charge on any atom is 1.00 e. The van der Waals surface area contributed by atoms with Crippen LogP contribution in [0.5, 0.6) is 0 Å². The summed E-state index contributed by atoms with van der Waals surface area (Å²) >= 11 is 9.26. The fraction of sp³-hybridized carbons (Fsp3) is 1.00. The summed E-state index contributed by atoms with van der Waals surface area (Å²) < 4.78 is 288. The fourth-order valence-electron chi connectivity index (χ4n) is 4.41. The van der Waals surface area contributed by atoms with Gasteiger partial charge < -0.3 is 144 Å². The molecule has 84 heavy (non-hydrogen) atoms. The van der Waals surface area contributed by atoms with Crippen molar-refractivity contribution in [2.45, 2.75) is 54.8 Å². The first kappa shape index (κ1) is 144. The van der Waals surface area contributed by atoms with E-state index in [-0.39, 0.29) is 151 Å². The van der Waals surface area contributed by atoms with Crippen LogP contribution in [0.3, 0.4) is 0 Å². The Labute approximate surface area is 576 Å². The summed E-state index contributed by atoms with van der Waals surface area (Å²) in [7, 11) is -43.7. The summed E-state index contributed by atoms with van der Waals surface area (Å²) in [5.41, 5.74) is 0. The van der Waals surface area contributed by atoms with Crippen LogP contribution < -0.4 is 29.6 Å². The van der Waals surface area contributed by atoms with Crippen molar-refractivity contribution in [3.05, 3.63) is 0 Å². The molecule has 54 nitrogen and oxygen atoms in total. The molecule has 19 radical (unpaired) electrons. The van der Waals surface area contributed by atoms with Crippen LogP contribution in [0.4, 0.5) is 0 Å². The largest absolute Gasteiger partial charge is 1.00 e. The number of ether oxygens (including phenoxy) is 3. The van der Waals surface area contributed by atoms with Crippen LogP contribution in [0.1, 0.15) is 0 Å². The van der Waals surface area contributed by atoms with Gasteiger partial charge in [-0.2, -0.15) is 67.3 Å². The first-order chi connectivity index (χ1) is 28.7. The molecule has 0 unspecified atom stereocenters. The van der Waals surface area contributed by atoms with Gasteiger partial charge in [0.05, 0.1) is 13.2 Å². The predicted molar refractivity (Wildman–Crippen MR) is 260 cm³/mol. The first-order valence-electron chi connectivity index (χ1n) is 14.1. The molecule has 0 aromatic rings. The molecule has 2 aliphatic heterocycles. The van der Waals surface area contributed by atoms with E-state index in [1.807, 2.05) is 0 Å². The molecule has 0 aliphatic carbocycles. The molecule has 72 heteroatoms. The standard InChI is InChI=1S/C12H22O35S8.9Al.Na.19H2O/c13-48(14,15)37-1-4-6(43-51(22,23)24)8(45-53(28,29)30)9(46-54(31,32)33)11(40-4)42-12(3-39-50(19,20)21)10(47-55(34,35)36)7(44-52(25,26)27)5(41-12)2-38-49(16,17)18;;;;;;;;;;;;;;;;;;;;;;;;;;;;;/h4-11H,1-3H2,(H,13,14,15)(H,16,17,18)(H,19,20,21)(H,22,23,24)(H,25,26,27)(H,28,29,30)(H,31,32,33)(H,34,35,36);;;;;;;;;;;19*1H2/q;;9*+1;;;;;;;;;;;;;;;;;;;/p-8/t4-,5-,6-,7-,8+,9-,10+,11-,12+;;;;;;;;;;;;;;;;;;;;;;;;;;;;;/m1............................./s1. The summed E-state index contributed by atoms with van der Waals surface area (Å²) in [6.45, 7) is -5.31. The van der Waals surface area contributed by atoms with E-state index in [0.29, 0.717) is 0 Å². The average molecular weight is 1580 g/mol. The van der Waals surface area contributed by atoms with Crippen molar-refractivity contribution in [3.8, 4) is 0 Å². The summed E-state index contributed by atoms with van der Waals surface area (Å²) in [5.74, 6) is -3.80. The van der Waals surface area contributed by atoms with Gasteiger partial charge in [-0.05, 0) is 0 Å². The van der Waals surface area contributed by atoms with Crippen LogP contribution in [-0.4, -0.2) is 396 Å². The molecule has 0 aromatic carbocycles. The maximum absolute atomic E-state index is 12.9. The van der Waals surface area contributed by atoms with Gasteiger partial charge in [-0.1, -0.05) is 0 Å². The molecular weight excluding hydrogens is 1530 g/mol. The van der Waals surface area contributed by atoms with E-state index in [1.54, 1.807) is 0 Å². The van der Waals surface area contributed by atoms with Crippen molar-refractivity contribution in [1.29, 1.82) is 0 Å². The van der Waals surface area contributed by atoms with E-state index in [9.17, 15) is 67.3 Å². The molecule has 0 saturated carbocycles. The Bertz CT molecular complexity index is 2480. The minimum absolute atomic E-state index is 0. The summed E-state index contributed by atoms with van der Waals surface area (Å²) in [6, 6.07) is 0. The van der Waals surface area contributed by atoms with Gasteiger partial charge in [-0.3, -0.25) is 0 Å². The first-order valence-corrected chi connectivity index (χ1v) is 28.5. The number of hydrogen-bond acceptors (Lipinski definition) is 35. The fourth-order valence-corrected chi connectivity index (χ4v) is 9.37. The van der Waals surface area contributed by atoms with E-state index in [0.717, 1.165) is 99.7 Å². The van der Waals surface area contributed by atoms with E-state index >= 15 is 0 Å². The van der Waals surface area contributed by atoms with Gasteiger partial charge in [0, 0.05) is 17.4 Å². The van der Waals surface area contributed by atoms with Gasteiger partial charge in [0.2, 0.25) is 5.79 Å². The van der Waals surface area contributed by atoms with E-state index < -0.39 is 158 Å². The average Bonchev–Trinajstić information content (AvgIpc) is 3.47. The van der Waals surface area contributed by atoms with Gasteiger partial charge in [0.15, 0.2) is 18.5 Å². The maximum atomic E-state index is 12.9. The molecule has 2 rings (SSSR count). The predicted octanol–water partition coefficient (Wildman–Crippen LogP) is -29.5. The number of rotatable bonds is 29. The quantitative estimate of drug-likeness (QED) is 0.0628. The zero-order valence-electron chi connectivity index (χ0n) is 40.5. The second-order valence-corrected chi connectivity index (χ2v) is 24.6. The van der Waals surface area contributed by atoms with Crippen LogP contribution in [0, 0.1) is 0 Å². The van der Waals surface area contributed by atoms with Crippen molar-refractivity contribution >= 4 is 234 Å². The molecule has 2 heterocycles. The van der Waals surface area contributed by atoms with Crippen molar-refractivity contribution < 1.29 is 275 Å². The number of hydrogen-bond donors (Lipinski definition) is 0. The van der Waals surface area contributed by atoms with E-state index in [4.69, 9.17) is 35.1 Å². The third kappa shape index (κ3) is 46.1. The molecule has 2 aliphatic rings. The van der Waals surface area contributed by atoms with Crippen LogP contribution in [-0.2, 0) is 157 Å². The van der Waals surface area contributed by atoms with Gasteiger partial charge in [-0.25, -0.2) is 33.5 Å². The Kier molecular flexibility index (Phi) is 102. The van der Waals surface area contributed by atoms with Crippen LogP contribution in [0.25, 0.3) is 0 Å². The molecule has 0 spiro atoms. The third-order valence-electron chi connectivity index (χ3n) is 6.59. The minimum atomic E-state index is -5.67. The monoisotopic (exact) mass is 1580 g/mol. The smallest absolute Gasteiger partial charge is 0.412 e. The Morgan fingerprint density at radius 3 is 0.881 bits per heavy atom. The Hall–Kier alpha value is 3.87. The Morgan fingerprint density at radius 2 is 0.571 bits per heavy atom. The van der Waals surface area contributed by atoms with Crippen molar-refractivity contribution in [2.75, 3.05) is 19.8 Å². The molecule has 499 valence electrons. The van der Waals surface area contributed by atoms with Gasteiger partial charge in [0.25, 0.3) is 0 Å². The van der Waals surface area contributed by atoms with E-state index in [2.05, 4.69) is 38.4 Å². The van der Waals surface area contributed by atoms with Crippen LogP contribution in [0.2, 0.25) is 0 Å². The minimum Gasteiger partial charge on any atom is -0.412 e. The van der Waals surface area contributed by atoms with Crippen molar-refractivity contribution in [2.24, 2.45) is 0 Å². The SMILES string of the molecule is O.O.O.O.O.O.O.O.O.O.O.O.O.O.O.O.O.O.O.O=S(=O)([O][Al])OC[C@H]1O[C@@](COS(=O)(=O)[O][Al])(O[C@H]2O[C@H](COS(=O)(=O)[O][Al])[C@@H](OS(=O)(=O)[O][Al])[C@H](OS(=O)(=O)[O][Al])[C@H]2OS(=O)(=O)[O][Al])[C@@H](OS(=O)(=O)[O][Al])[C@@H]1OS(=O)(=O)[O][Al].[Al].[Na+]. The molecule has 0 amide bonds. The Morgan fingerprint density at radius 1 is 0.321 bits per heavy atom. The van der Waals surface area contributed by atoms with Gasteiger partial charge in [0.1, 0.15) is 37.1 Å². The van der Waals surface area contributed by atoms with E-state index in [1.165, 1.54) is 33.2 Å². The second-order valence-electron chi connectivity index (χ2n) is 10.3. The van der Waals surface area contributed by atoms with Crippen LogP contribution in [0.15, 0.2) is 0 Å². The molecule has 9 atom stereocenters. The molecule has 0 aromatic heterocycles. The van der Waals surface area contributed by atoms with Crippen molar-refractivity contribution in [3.63, 3.8) is 0 Å². The zero-order chi connectivity index (χ0) is 48.7. The van der Waals surface area contributed by atoms with Gasteiger partial charge >= 0.3 is 246 Å². The van der Waals surface area contributed by atoms with Crippen LogP contribution >= 0.6 is 0 Å². The zero-order valence-corrected chi connectivity index (χ0v) is 59.4. The molecule has 2 saturated heterocycles. The summed E-state index contributed by atoms with van der Waals surface area (Å²) in [4.78, 5) is 0. The summed E-state index contributed by atoms with van der Waals surface area (Å²) in [5, 5.41) is 0. The van der Waals surface area contributed by atoms with Gasteiger partial charge in [-0.15, -0.1) is 0 Å². The normalized spacial score (nSPS) is 21.1. The molecule has 38 N–H and O–H groups in total. The molecular formula is C12H52Al9NaO54S8+. The molecule has 0 bridgehead atoms. The Balaban J connectivity index is -0.000000108. The second kappa shape index (κ2) is 59.4.